The minimum absolute atomic E-state index is 0.0804. The summed E-state index contributed by atoms with van der Waals surface area (Å²) in [7, 11) is 0. The molecule has 0 rings (SSSR count). The maximum Gasteiger partial charge on any atom is 0.341 e. The van der Waals surface area contributed by atoms with E-state index in [0.717, 1.165) is 0 Å². The van der Waals surface area contributed by atoms with Crippen LogP contribution in [0.25, 0.3) is 0 Å². The van der Waals surface area contributed by atoms with E-state index < -0.39 is 5.97 Å². The molecule has 0 amide bonds. The monoisotopic (exact) mass is 168 g/mol. The Bertz CT molecular complexity index is 226. The highest BCUT2D eigenvalue weighted by Crippen LogP contribution is 1.99. The normalized spacial score (nSPS) is 10.7. The molecule has 0 aromatic carbocycles. The number of esters is 1. The molecule has 0 aromatic rings. The van der Waals surface area contributed by atoms with Crippen molar-refractivity contribution in [2.45, 2.75) is 13.8 Å². The number of Topliss-reactive ketones (excluding diaryl/α,β-unsaturated/α-hetero) is 1. The van der Waals surface area contributed by atoms with Crippen molar-refractivity contribution in [3.63, 3.8) is 0 Å². The lowest BCUT2D eigenvalue weighted by atomic mass is 10.2. The molecule has 3 heteroatoms. The molecule has 0 atom stereocenters. The van der Waals surface area contributed by atoms with Crippen LogP contribution in [0.3, 0.4) is 0 Å². The van der Waals surface area contributed by atoms with Gasteiger partial charge in [-0.15, -0.1) is 0 Å². The van der Waals surface area contributed by atoms with Crippen LogP contribution >= 0.6 is 0 Å². The summed E-state index contributed by atoms with van der Waals surface area (Å²) in [5, 5.41) is 0. The van der Waals surface area contributed by atoms with Gasteiger partial charge in [0, 0.05) is 0 Å². The largest absolute Gasteiger partial charge is 0.458 e. The molecule has 12 heavy (non-hydrogen) atoms. The lowest BCUT2D eigenvalue weighted by Crippen LogP contribution is -2.13. The summed E-state index contributed by atoms with van der Waals surface area (Å²) in [6.07, 6.45) is 2.89. The molecule has 0 fully saturated rings. The average Bonchev–Trinajstić information content (AvgIpc) is 2.01. The quantitative estimate of drug-likeness (QED) is 0.208. The zero-order chi connectivity index (χ0) is 9.56. The Labute approximate surface area is 71.7 Å². The lowest BCUT2D eigenvalue weighted by molar-refractivity contribution is -0.139. The highest BCUT2D eigenvalue weighted by molar-refractivity contribution is 6.16. The summed E-state index contributed by atoms with van der Waals surface area (Å²) in [5.74, 6) is -0.878. The number of allylic oxidation sites excluding steroid dienone is 1. The van der Waals surface area contributed by atoms with Gasteiger partial charge in [0.15, 0.2) is 5.78 Å². The third-order valence-corrected chi connectivity index (χ3v) is 1.22. The third-order valence-electron chi connectivity index (χ3n) is 1.22. The van der Waals surface area contributed by atoms with Gasteiger partial charge in [0.2, 0.25) is 0 Å². The highest BCUT2D eigenvalue weighted by Gasteiger charge is 2.13. The van der Waals surface area contributed by atoms with Crippen molar-refractivity contribution in [3.8, 4) is 0 Å². The molecule has 0 bridgehead atoms. The number of rotatable bonds is 4. The predicted octanol–water partition coefficient (Wildman–Crippen LogP) is 1.25. The fourth-order valence-electron chi connectivity index (χ4n) is 0.677. The fourth-order valence-corrected chi connectivity index (χ4v) is 0.677. The van der Waals surface area contributed by atoms with Gasteiger partial charge >= 0.3 is 5.97 Å². The van der Waals surface area contributed by atoms with E-state index in [9.17, 15) is 9.59 Å². The second kappa shape index (κ2) is 5.29. The van der Waals surface area contributed by atoms with Gasteiger partial charge in [0.25, 0.3) is 0 Å². The molecule has 0 unspecified atom stereocenters. The first-order valence-corrected chi connectivity index (χ1v) is 3.58. The van der Waals surface area contributed by atoms with E-state index >= 15 is 0 Å². The molecular weight excluding hydrogens is 156 g/mol. The second-order valence-corrected chi connectivity index (χ2v) is 2.15. The van der Waals surface area contributed by atoms with E-state index in [1.54, 1.807) is 6.92 Å². The molecule has 0 aromatic heterocycles. The Morgan fingerprint density at radius 2 is 2.08 bits per heavy atom. The Morgan fingerprint density at radius 3 is 2.42 bits per heavy atom. The molecule has 0 aliphatic carbocycles. The predicted molar refractivity (Wildman–Crippen MR) is 45.6 cm³/mol. The highest BCUT2D eigenvalue weighted by atomic mass is 16.5. The number of carbonyl (C=O) groups excluding carboxylic acids is 2. The van der Waals surface area contributed by atoms with Crippen molar-refractivity contribution in [3.05, 3.63) is 24.3 Å². The Kier molecular flexibility index (Phi) is 4.69. The molecule has 0 aliphatic heterocycles. The van der Waals surface area contributed by atoms with Gasteiger partial charge < -0.3 is 4.74 Å². The summed E-state index contributed by atoms with van der Waals surface area (Å²) < 4.78 is 4.66. The van der Waals surface area contributed by atoms with Crippen molar-refractivity contribution in [2.75, 3.05) is 6.61 Å². The van der Waals surface area contributed by atoms with Gasteiger partial charge in [-0.2, -0.15) is 0 Å². The third kappa shape index (κ3) is 3.14. The van der Waals surface area contributed by atoms with E-state index in [-0.39, 0.29) is 18.0 Å². The molecule has 0 saturated heterocycles. The van der Waals surface area contributed by atoms with Crippen molar-refractivity contribution in [1.29, 1.82) is 0 Å². The zero-order valence-electron chi connectivity index (χ0n) is 7.29. The van der Waals surface area contributed by atoms with Crippen molar-refractivity contribution >= 4 is 11.8 Å². The van der Waals surface area contributed by atoms with Crippen LogP contribution in [0.1, 0.15) is 13.8 Å². The van der Waals surface area contributed by atoms with Crippen molar-refractivity contribution < 1.29 is 14.3 Å². The first kappa shape index (κ1) is 10.6. The smallest absolute Gasteiger partial charge is 0.341 e. The molecule has 0 radical (unpaired) electrons. The van der Waals surface area contributed by atoms with Crippen LogP contribution in [0.15, 0.2) is 24.3 Å². The van der Waals surface area contributed by atoms with Gasteiger partial charge in [-0.05, 0) is 13.8 Å². The SMILES string of the molecule is C=CCOC(=O)C(=CC)C(C)=O. The van der Waals surface area contributed by atoms with E-state index in [0.29, 0.717) is 0 Å². The summed E-state index contributed by atoms with van der Waals surface area (Å²) in [5.41, 5.74) is 0.0804. The van der Waals surface area contributed by atoms with E-state index in [2.05, 4.69) is 11.3 Å². The van der Waals surface area contributed by atoms with Gasteiger partial charge in [0.05, 0.1) is 5.57 Å². The topological polar surface area (TPSA) is 43.4 Å². The number of ketones is 1. The Morgan fingerprint density at radius 1 is 1.50 bits per heavy atom. The van der Waals surface area contributed by atoms with Crippen LogP contribution < -0.4 is 0 Å². The molecule has 66 valence electrons. The molecule has 0 N–H and O–H groups in total. The summed E-state index contributed by atoms with van der Waals surface area (Å²) in [6, 6.07) is 0. The van der Waals surface area contributed by atoms with E-state index in [4.69, 9.17) is 0 Å². The maximum absolute atomic E-state index is 11.0. The van der Waals surface area contributed by atoms with Gasteiger partial charge in [-0.25, -0.2) is 4.79 Å². The van der Waals surface area contributed by atoms with Crippen LogP contribution in [-0.2, 0) is 14.3 Å². The summed E-state index contributed by atoms with van der Waals surface area (Å²) in [6.45, 7) is 6.45. The van der Waals surface area contributed by atoms with Crippen molar-refractivity contribution in [1.82, 2.24) is 0 Å². The minimum Gasteiger partial charge on any atom is -0.458 e. The Balaban J connectivity index is 4.24. The van der Waals surface area contributed by atoms with E-state index in [1.165, 1.54) is 19.1 Å². The zero-order valence-corrected chi connectivity index (χ0v) is 7.29. The van der Waals surface area contributed by atoms with Crippen LogP contribution in [0.5, 0.6) is 0 Å². The number of hydrogen-bond acceptors (Lipinski definition) is 3. The fraction of sp³-hybridized carbons (Fsp3) is 0.333. The summed E-state index contributed by atoms with van der Waals surface area (Å²) in [4.78, 5) is 21.8. The van der Waals surface area contributed by atoms with Crippen LogP contribution in [0.4, 0.5) is 0 Å². The second-order valence-electron chi connectivity index (χ2n) is 2.15. The van der Waals surface area contributed by atoms with E-state index in [1.807, 2.05) is 0 Å². The van der Waals surface area contributed by atoms with Gasteiger partial charge in [0.1, 0.15) is 6.61 Å². The van der Waals surface area contributed by atoms with Gasteiger partial charge in [-0.1, -0.05) is 18.7 Å². The Hall–Kier alpha value is -1.38. The molecule has 0 heterocycles. The summed E-state index contributed by atoms with van der Waals surface area (Å²) >= 11 is 0. The minimum atomic E-state index is -0.593. The van der Waals surface area contributed by atoms with Crippen molar-refractivity contribution in [2.24, 2.45) is 0 Å². The molecule has 0 saturated carbocycles. The first-order valence-electron chi connectivity index (χ1n) is 3.58. The molecule has 0 aliphatic rings. The number of carbonyl (C=O) groups is 2. The molecule has 3 nitrogen and oxygen atoms in total. The maximum atomic E-state index is 11.0. The van der Waals surface area contributed by atoms with Gasteiger partial charge in [-0.3, -0.25) is 4.79 Å². The average molecular weight is 168 g/mol. The first-order chi connectivity index (χ1) is 5.63. The lowest BCUT2D eigenvalue weighted by Gasteiger charge is -2.01. The van der Waals surface area contributed by atoms with Crippen LogP contribution in [0, 0.1) is 0 Å². The standard InChI is InChI=1S/C9H12O3/c1-4-6-12-9(11)8(5-2)7(3)10/h4-5H,1,6H2,2-3H3. The number of ether oxygens (including phenoxy) is 1. The molecule has 0 spiro atoms. The molecular formula is C9H12O3. The van der Waals surface area contributed by atoms with Crippen LogP contribution in [0.2, 0.25) is 0 Å². The van der Waals surface area contributed by atoms with Crippen LogP contribution in [-0.4, -0.2) is 18.4 Å². The number of hydrogen-bond donors (Lipinski definition) is 0.